The number of amides is 2. The molecule has 3 aromatic rings. The Morgan fingerprint density at radius 1 is 0.949 bits per heavy atom. The minimum Gasteiger partial charge on any atom is -0.483 e. The summed E-state index contributed by atoms with van der Waals surface area (Å²) >= 11 is 12.5. The largest absolute Gasteiger partial charge is 0.483 e. The third-order valence-corrected chi connectivity index (χ3v) is 8.16. The van der Waals surface area contributed by atoms with E-state index in [1.807, 2.05) is 63.2 Å². The van der Waals surface area contributed by atoms with Gasteiger partial charge in [0.1, 0.15) is 11.8 Å². The summed E-state index contributed by atoms with van der Waals surface area (Å²) in [6, 6.07) is 18.5. The van der Waals surface area contributed by atoms with E-state index in [9.17, 15) is 9.59 Å². The molecule has 0 saturated heterocycles. The summed E-state index contributed by atoms with van der Waals surface area (Å²) in [7, 11) is 0. The second-order valence-electron chi connectivity index (χ2n) is 10.5. The van der Waals surface area contributed by atoms with Crippen LogP contribution in [0.2, 0.25) is 10.0 Å². The summed E-state index contributed by atoms with van der Waals surface area (Å²) in [5, 5.41) is 4.06. The van der Waals surface area contributed by atoms with E-state index in [1.165, 1.54) is 0 Å². The van der Waals surface area contributed by atoms with E-state index in [1.54, 1.807) is 17.0 Å². The van der Waals surface area contributed by atoms with Crippen molar-refractivity contribution in [1.29, 1.82) is 0 Å². The molecule has 1 saturated carbocycles. The molecule has 2 amide bonds. The van der Waals surface area contributed by atoms with Gasteiger partial charge < -0.3 is 15.0 Å². The summed E-state index contributed by atoms with van der Waals surface area (Å²) in [5.41, 5.74) is 4.91. The normalized spacial score (nSPS) is 14.2. The number of ether oxygens (including phenoxy) is 1. The molecule has 39 heavy (non-hydrogen) atoms. The zero-order valence-corrected chi connectivity index (χ0v) is 24.3. The van der Waals surface area contributed by atoms with Crippen LogP contribution >= 0.6 is 23.2 Å². The molecule has 0 radical (unpaired) electrons. The van der Waals surface area contributed by atoms with Gasteiger partial charge in [-0.1, -0.05) is 78.5 Å². The maximum absolute atomic E-state index is 13.9. The van der Waals surface area contributed by atoms with Gasteiger partial charge in [-0.2, -0.15) is 0 Å². The fraction of sp³-hybridized carbons (Fsp3) is 0.375. The number of halogens is 2. The highest BCUT2D eigenvalue weighted by atomic mass is 35.5. The van der Waals surface area contributed by atoms with Gasteiger partial charge in [-0.3, -0.25) is 9.59 Å². The highest BCUT2D eigenvalue weighted by Gasteiger charge is 2.32. The first-order valence-corrected chi connectivity index (χ1v) is 14.2. The van der Waals surface area contributed by atoms with Crippen LogP contribution in [0.25, 0.3) is 0 Å². The van der Waals surface area contributed by atoms with Crippen LogP contribution in [0.3, 0.4) is 0 Å². The Morgan fingerprint density at radius 3 is 2.36 bits per heavy atom. The van der Waals surface area contributed by atoms with Gasteiger partial charge in [-0.05, 0) is 79.6 Å². The number of rotatable bonds is 10. The third kappa shape index (κ3) is 7.77. The fourth-order valence-electron chi connectivity index (χ4n) is 5.13. The smallest absolute Gasteiger partial charge is 0.261 e. The molecule has 3 aromatic carbocycles. The minimum atomic E-state index is -0.723. The highest BCUT2D eigenvalue weighted by Crippen LogP contribution is 2.26. The predicted molar refractivity (Wildman–Crippen MR) is 157 cm³/mol. The molecular weight excluding hydrogens is 531 g/mol. The van der Waals surface area contributed by atoms with Gasteiger partial charge in [0, 0.05) is 19.0 Å². The Balaban J connectivity index is 1.65. The van der Waals surface area contributed by atoms with Crippen LogP contribution in [0.1, 0.15) is 53.5 Å². The zero-order chi connectivity index (χ0) is 27.9. The lowest BCUT2D eigenvalue weighted by Crippen LogP contribution is -2.53. The van der Waals surface area contributed by atoms with Crippen LogP contribution in [-0.2, 0) is 22.6 Å². The standard InChI is InChI=1S/C32H36Cl2N2O3/c1-21-15-22(2)23(3)30(16-21)39-20-31(37)36(19-25-13-14-27(33)28(34)17-25)29(18-24-9-5-4-6-10-24)32(38)35-26-11-7-8-12-26/h4-6,9-10,13-17,26,29H,7-8,11-12,18-20H2,1-3H3,(H,35,38)/t29-/m1/s1. The molecule has 1 aliphatic rings. The lowest BCUT2D eigenvalue weighted by Gasteiger charge is -2.32. The first kappa shape index (κ1) is 29.0. The van der Waals surface area contributed by atoms with E-state index in [2.05, 4.69) is 11.4 Å². The average molecular weight is 568 g/mol. The van der Waals surface area contributed by atoms with Crippen molar-refractivity contribution in [3.63, 3.8) is 0 Å². The maximum atomic E-state index is 13.9. The molecule has 1 atom stereocenters. The third-order valence-electron chi connectivity index (χ3n) is 7.42. The molecule has 0 unspecified atom stereocenters. The van der Waals surface area contributed by atoms with Crippen LogP contribution < -0.4 is 10.1 Å². The second kappa shape index (κ2) is 13.4. The van der Waals surface area contributed by atoms with Crippen molar-refractivity contribution in [3.8, 4) is 5.75 Å². The van der Waals surface area contributed by atoms with Crippen molar-refractivity contribution in [2.24, 2.45) is 0 Å². The van der Waals surface area contributed by atoms with Crippen LogP contribution in [0.4, 0.5) is 0 Å². The molecule has 206 valence electrons. The fourth-order valence-corrected chi connectivity index (χ4v) is 5.45. The van der Waals surface area contributed by atoms with Crippen LogP contribution in [0.5, 0.6) is 5.75 Å². The van der Waals surface area contributed by atoms with Crippen molar-refractivity contribution in [3.05, 3.63) is 98.5 Å². The van der Waals surface area contributed by atoms with E-state index in [0.717, 1.165) is 53.5 Å². The number of nitrogens with zero attached hydrogens (tertiary/aromatic N) is 1. The van der Waals surface area contributed by atoms with Gasteiger partial charge in [-0.15, -0.1) is 0 Å². The number of nitrogens with one attached hydrogen (secondary N) is 1. The van der Waals surface area contributed by atoms with Crippen molar-refractivity contribution >= 4 is 35.0 Å². The molecule has 0 spiro atoms. The average Bonchev–Trinajstić information content (AvgIpc) is 3.42. The number of hydrogen-bond donors (Lipinski definition) is 1. The molecule has 1 N–H and O–H groups in total. The minimum absolute atomic E-state index is 0.131. The van der Waals surface area contributed by atoms with Gasteiger partial charge in [0.2, 0.25) is 5.91 Å². The Labute approximate surface area is 241 Å². The van der Waals surface area contributed by atoms with Crippen molar-refractivity contribution in [2.75, 3.05) is 6.61 Å². The Bertz CT molecular complexity index is 1310. The quantitative estimate of drug-likeness (QED) is 0.287. The Kier molecular flexibility index (Phi) is 9.93. The molecule has 5 nitrogen and oxygen atoms in total. The van der Waals surface area contributed by atoms with E-state index < -0.39 is 6.04 Å². The number of carbonyl (C=O) groups excluding carboxylic acids is 2. The number of aryl methyl sites for hydroxylation is 2. The molecule has 0 heterocycles. The van der Waals surface area contributed by atoms with Crippen molar-refractivity contribution < 1.29 is 14.3 Å². The predicted octanol–water partition coefficient (Wildman–Crippen LogP) is 7.00. The van der Waals surface area contributed by atoms with E-state index in [4.69, 9.17) is 27.9 Å². The molecule has 1 fully saturated rings. The van der Waals surface area contributed by atoms with Crippen LogP contribution in [-0.4, -0.2) is 35.4 Å². The van der Waals surface area contributed by atoms with Gasteiger partial charge >= 0.3 is 0 Å². The molecule has 1 aliphatic carbocycles. The first-order valence-electron chi connectivity index (χ1n) is 13.5. The van der Waals surface area contributed by atoms with Gasteiger partial charge in [0.05, 0.1) is 10.0 Å². The van der Waals surface area contributed by atoms with Crippen LogP contribution in [0.15, 0.2) is 60.7 Å². The van der Waals surface area contributed by atoms with Crippen molar-refractivity contribution in [2.45, 2.75) is 71.5 Å². The maximum Gasteiger partial charge on any atom is 0.261 e. The topological polar surface area (TPSA) is 58.6 Å². The second-order valence-corrected chi connectivity index (χ2v) is 11.3. The lowest BCUT2D eigenvalue weighted by molar-refractivity contribution is -0.143. The summed E-state index contributed by atoms with van der Waals surface area (Å²) in [6.45, 7) is 6.01. The van der Waals surface area contributed by atoms with E-state index >= 15 is 0 Å². The first-order chi connectivity index (χ1) is 18.7. The van der Waals surface area contributed by atoms with Gasteiger partial charge in [0.25, 0.3) is 5.91 Å². The number of hydrogen-bond acceptors (Lipinski definition) is 3. The van der Waals surface area contributed by atoms with Crippen LogP contribution in [0, 0.1) is 20.8 Å². The highest BCUT2D eigenvalue weighted by molar-refractivity contribution is 6.42. The molecule has 0 bridgehead atoms. The Hall–Kier alpha value is -3.02. The van der Waals surface area contributed by atoms with Gasteiger partial charge in [-0.25, -0.2) is 0 Å². The molecule has 0 aliphatic heterocycles. The molecular formula is C32H36Cl2N2O3. The summed E-state index contributed by atoms with van der Waals surface area (Å²) in [5.74, 6) is 0.245. The van der Waals surface area contributed by atoms with Crippen molar-refractivity contribution in [1.82, 2.24) is 10.2 Å². The SMILES string of the molecule is Cc1cc(C)c(C)c(OCC(=O)N(Cc2ccc(Cl)c(Cl)c2)[C@H](Cc2ccccc2)C(=O)NC2CCCC2)c1. The number of benzene rings is 3. The number of carbonyl (C=O) groups is 2. The Morgan fingerprint density at radius 2 is 1.67 bits per heavy atom. The zero-order valence-electron chi connectivity index (χ0n) is 22.8. The van der Waals surface area contributed by atoms with E-state index in [0.29, 0.717) is 22.2 Å². The summed E-state index contributed by atoms with van der Waals surface area (Å²) < 4.78 is 6.07. The van der Waals surface area contributed by atoms with E-state index in [-0.39, 0.29) is 31.0 Å². The lowest BCUT2D eigenvalue weighted by atomic mass is 10.0. The molecule has 4 rings (SSSR count). The monoisotopic (exact) mass is 566 g/mol. The summed E-state index contributed by atoms with van der Waals surface area (Å²) in [6.07, 6.45) is 4.50. The molecule has 0 aromatic heterocycles. The summed E-state index contributed by atoms with van der Waals surface area (Å²) in [4.78, 5) is 29.3. The molecule has 7 heteroatoms. The van der Waals surface area contributed by atoms with Gasteiger partial charge in [0.15, 0.2) is 6.61 Å².